The Balaban J connectivity index is 1.64. The minimum Gasteiger partial charge on any atom is -0.440 e. The number of likely N-dealkylation sites (tertiary alicyclic amines) is 1. The molecule has 0 aromatic carbocycles. The molecule has 1 saturated heterocycles. The maximum absolute atomic E-state index is 13.7. The summed E-state index contributed by atoms with van der Waals surface area (Å²) >= 11 is 5.80. The van der Waals surface area contributed by atoms with Crippen molar-refractivity contribution in [1.29, 1.82) is 0 Å². The zero-order chi connectivity index (χ0) is 28.0. The Kier molecular flexibility index (Phi) is 10.2. The number of furan rings is 1. The maximum atomic E-state index is 13.7. The lowest BCUT2D eigenvalue weighted by molar-refractivity contribution is -0.156. The van der Waals surface area contributed by atoms with E-state index in [1.54, 1.807) is 22.9 Å². The summed E-state index contributed by atoms with van der Waals surface area (Å²) < 4.78 is 5.24. The summed E-state index contributed by atoms with van der Waals surface area (Å²) in [7, 11) is 1.74. The molecule has 1 aromatic rings. The average molecular weight is 553 g/mol. The highest BCUT2D eigenvalue weighted by Crippen LogP contribution is 2.31. The Morgan fingerprint density at radius 3 is 2.34 bits per heavy atom. The summed E-state index contributed by atoms with van der Waals surface area (Å²) in [5, 5.41) is 13.4. The molecular formula is C27H41ClN4O6. The van der Waals surface area contributed by atoms with Crippen molar-refractivity contribution in [2.45, 2.75) is 77.8 Å². The number of amides is 4. The topological polar surface area (TPSA) is 123 Å². The third kappa shape index (κ3) is 7.72. The van der Waals surface area contributed by atoms with E-state index in [9.17, 15) is 24.4 Å². The molecule has 0 bridgehead atoms. The standard InChI is InChI=1S/C27H41ClN4O6/c1-27(2,3)23(29-24(34)19(16-32(37)17-33)15-18-7-5-6-8-18)26(36)30(4)20-11-13-31(14-12-20)25(35)21-9-10-22(28)38-21/h9-10,17-20,23,37H,5-8,11-16H2,1-4H3,(H,29,34)/t19-,23-/m1/s1. The molecule has 1 aliphatic heterocycles. The zero-order valence-corrected chi connectivity index (χ0v) is 23.6. The van der Waals surface area contributed by atoms with Crippen molar-refractivity contribution in [1.82, 2.24) is 20.2 Å². The fourth-order valence-corrected chi connectivity index (χ4v) is 5.66. The predicted molar refractivity (Wildman–Crippen MR) is 141 cm³/mol. The molecule has 4 amide bonds. The first-order valence-corrected chi connectivity index (χ1v) is 13.8. The largest absolute Gasteiger partial charge is 0.440 e. The van der Waals surface area contributed by atoms with Gasteiger partial charge in [0.05, 0.1) is 12.5 Å². The molecule has 2 aliphatic rings. The van der Waals surface area contributed by atoms with Crippen LogP contribution in [0.25, 0.3) is 0 Å². The lowest BCUT2D eigenvalue weighted by Crippen LogP contribution is -2.58. The molecule has 38 heavy (non-hydrogen) atoms. The molecule has 2 N–H and O–H groups in total. The van der Waals surface area contributed by atoms with Crippen molar-refractivity contribution in [3.05, 3.63) is 23.1 Å². The van der Waals surface area contributed by atoms with E-state index in [0.717, 1.165) is 25.7 Å². The van der Waals surface area contributed by atoms with Gasteiger partial charge in [-0.15, -0.1) is 0 Å². The van der Waals surface area contributed by atoms with Crippen LogP contribution in [0, 0.1) is 17.3 Å². The van der Waals surface area contributed by atoms with Crippen LogP contribution in [0.2, 0.25) is 5.22 Å². The van der Waals surface area contributed by atoms with Crippen LogP contribution in [0.4, 0.5) is 0 Å². The van der Waals surface area contributed by atoms with Crippen LogP contribution in [-0.4, -0.2) is 83.0 Å². The Labute approximate surface area is 229 Å². The van der Waals surface area contributed by atoms with Crippen molar-refractivity contribution >= 4 is 35.7 Å². The first-order chi connectivity index (χ1) is 17.9. The smallest absolute Gasteiger partial charge is 0.289 e. The molecule has 10 nitrogen and oxygen atoms in total. The minimum atomic E-state index is -0.792. The summed E-state index contributed by atoms with van der Waals surface area (Å²) in [6, 6.07) is 2.20. The molecule has 11 heteroatoms. The van der Waals surface area contributed by atoms with Gasteiger partial charge in [0, 0.05) is 26.2 Å². The first-order valence-electron chi connectivity index (χ1n) is 13.4. The van der Waals surface area contributed by atoms with Gasteiger partial charge in [-0.1, -0.05) is 46.5 Å². The number of likely N-dealkylation sites (N-methyl/N-ethyl adjacent to an activating group) is 1. The van der Waals surface area contributed by atoms with Crippen molar-refractivity contribution in [2.24, 2.45) is 17.3 Å². The summed E-state index contributed by atoms with van der Waals surface area (Å²) in [6.45, 7) is 6.51. The van der Waals surface area contributed by atoms with E-state index in [2.05, 4.69) is 5.32 Å². The second kappa shape index (κ2) is 13.0. The van der Waals surface area contributed by atoms with Crippen LogP contribution in [0.1, 0.15) is 76.3 Å². The van der Waals surface area contributed by atoms with Crippen molar-refractivity contribution in [3.8, 4) is 0 Å². The van der Waals surface area contributed by atoms with Crippen LogP contribution in [-0.2, 0) is 14.4 Å². The van der Waals surface area contributed by atoms with E-state index in [0.29, 0.717) is 49.7 Å². The van der Waals surface area contributed by atoms with Crippen LogP contribution in [0.3, 0.4) is 0 Å². The van der Waals surface area contributed by atoms with Crippen molar-refractivity contribution in [2.75, 3.05) is 26.7 Å². The van der Waals surface area contributed by atoms with Gasteiger partial charge in [-0.2, -0.15) is 0 Å². The molecule has 1 aliphatic carbocycles. The molecule has 3 rings (SSSR count). The lowest BCUT2D eigenvalue weighted by Gasteiger charge is -2.40. The highest BCUT2D eigenvalue weighted by Gasteiger charge is 2.39. The Bertz CT molecular complexity index is 978. The summed E-state index contributed by atoms with van der Waals surface area (Å²) in [6.07, 6.45) is 6.32. The third-order valence-electron chi connectivity index (χ3n) is 7.82. The van der Waals surface area contributed by atoms with E-state index in [1.165, 1.54) is 6.07 Å². The molecule has 0 spiro atoms. The van der Waals surface area contributed by atoms with Crippen LogP contribution in [0.15, 0.2) is 16.5 Å². The highest BCUT2D eigenvalue weighted by atomic mass is 35.5. The molecule has 1 aromatic heterocycles. The van der Waals surface area contributed by atoms with Crippen LogP contribution in [0.5, 0.6) is 0 Å². The van der Waals surface area contributed by atoms with Gasteiger partial charge >= 0.3 is 0 Å². The third-order valence-corrected chi connectivity index (χ3v) is 8.03. The fraction of sp³-hybridized carbons (Fsp3) is 0.704. The summed E-state index contributed by atoms with van der Waals surface area (Å²) in [4.78, 5) is 54.2. The van der Waals surface area contributed by atoms with Gasteiger partial charge in [-0.3, -0.25) is 24.4 Å². The number of halogens is 1. The van der Waals surface area contributed by atoms with E-state index in [4.69, 9.17) is 16.0 Å². The Morgan fingerprint density at radius 1 is 1.18 bits per heavy atom. The number of rotatable bonds is 10. The van der Waals surface area contributed by atoms with Gasteiger partial charge in [0.15, 0.2) is 11.0 Å². The predicted octanol–water partition coefficient (Wildman–Crippen LogP) is 3.57. The fourth-order valence-electron chi connectivity index (χ4n) is 5.52. The van der Waals surface area contributed by atoms with E-state index in [-0.39, 0.29) is 41.3 Å². The second-order valence-corrected chi connectivity index (χ2v) is 12.1. The first kappa shape index (κ1) is 30.0. The molecule has 2 fully saturated rings. The van der Waals surface area contributed by atoms with Gasteiger partial charge in [0.1, 0.15) is 6.04 Å². The van der Waals surface area contributed by atoms with Gasteiger partial charge in [0.25, 0.3) is 5.91 Å². The van der Waals surface area contributed by atoms with E-state index >= 15 is 0 Å². The minimum absolute atomic E-state index is 0.0919. The van der Waals surface area contributed by atoms with Crippen LogP contribution < -0.4 is 5.32 Å². The number of carbonyl (C=O) groups excluding carboxylic acids is 4. The van der Waals surface area contributed by atoms with Crippen molar-refractivity contribution in [3.63, 3.8) is 0 Å². The number of hydrogen-bond acceptors (Lipinski definition) is 6. The molecule has 2 atom stereocenters. The quantitative estimate of drug-likeness (QED) is 0.260. The average Bonchev–Trinajstić information content (AvgIpc) is 3.56. The number of nitrogens with one attached hydrogen (secondary N) is 1. The zero-order valence-electron chi connectivity index (χ0n) is 22.8. The van der Waals surface area contributed by atoms with Gasteiger partial charge in [0.2, 0.25) is 18.2 Å². The van der Waals surface area contributed by atoms with Gasteiger partial charge in [-0.25, -0.2) is 5.06 Å². The monoisotopic (exact) mass is 552 g/mol. The van der Waals surface area contributed by atoms with E-state index in [1.807, 2.05) is 20.8 Å². The summed E-state index contributed by atoms with van der Waals surface area (Å²) in [5.41, 5.74) is -0.572. The Hall–Kier alpha value is -2.59. The van der Waals surface area contributed by atoms with Crippen molar-refractivity contribution < 1.29 is 28.8 Å². The number of piperidine rings is 1. The molecule has 0 radical (unpaired) electrons. The molecule has 2 heterocycles. The number of hydrogen-bond donors (Lipinski definition) is 2. The van der Waals surface area contributed by atoms with Gasteiger partial charge in [-0.05, 0) is 54.3 Å². The number of nitrogens with zero attached hydrogens (tertiary/aromatic N) is 3. The van der Waals surface area contributed by atoms with E-state index < -0.39 is 17.4 Å². The Morgan fingerprint density at radius 2 is 1.82 bits per heavy atom. The van der Waals surface area contributed by atoms with Crippen LogP contribution >= 0.6 is 11.6 Å². The molecule has 212 valence electrons. The normalized spacial score (nSPS) is 18.6. The van der Waals surface area contributed by atoms with Gasteiger partial charge < -0.3 is 19.5 Å². The highest BCUT2D eigenvalue weighted by molar-refractivity contribution is 6.29. The second-order valence-electron chi connectivity index (χ2n) is 11.7. The summed E-state index contributed by atoms with van der Waals surface area (Å²) in [5.74, 6) is -0.827. The number of carbonyl (C=O) groups is 4. The number of hydroxylamine groups is 2. The SMILES string of the molecule is CN(C(=O)[C@@H](NC(=O)[C@H](CC1CCCC1)CN(O)C=O)C(C)(C)C)C1CCN(C(=O)c2ccc(Cl)o2)CC1. The maximum Gasteiger partial charge on any atom is 0.289 e. The molecular weight excluding hydrogens is 512 g/mol. The molecule has 1 saturated carbocycles. The lowest BCUT2D eigenvalue weighted by atomic mass is 9.84. The molecule has 0 unspecified atom stereocenters.